The Morgan fingerprint density at radius 1 is 1.46 bits per heavy atom. The van der Waals surface area contributed by atoms with Crippen molar-refractivity contribution in [3.63, 3.8) is 0 Å². The first-order chi connectivity index (χ1) is 6.13. The van der Waals surface area contributed by atoms with Gasteiger partial charge in [-0.2, -0.15) is 0 Å². The Balaban J connectivity index is 2.99. The van der Waals surface area contributed by atoms with Gasteiger partial charge in [-0.25, -0.2) is 4.79 Å². The number of nitrogens with two attached hydrogens (primary N) is 1. The van der Waals surface area contributed by atoms with Crippen LogP contribution in [0.25, 0.3) is 0 Å². The lowest BCUT2D eigenvalue weighted by atomic mass is 10.3. The summed E-state index contributed by atoms with van der Waals surface area (Å²) in [5, 5.41) is 0.494. The van der Waals surface area contributed by atoms with Crippen molar-refractivity contribution in [1.82, 2.24) is 0 Å². The van der Waals surface area contributed by atoms with Gasteiger partial charge in [-0.3, -0.25) is 0 Å². The zero-order valence-corrected chi connectivity index (χ0v) is 7.67. The number of primary amides is 1. The first kappa shape index (κ1) is 9.67. The number of benzene rings is 1. The lowest BCUT2D eigenvalue weighted by molar-refractivity contribution is 0.208. The molecule has 0 atom stereocenters. The number of carbonyl (C=O) groups excluding carboxylic acids is 1. The van der Waals surface area contributed by atoms with Crippen LogP contribution in [-0.4, -0.2) is 13.2 Å². The van der Waals surface area contributed by atoms with Crippen molar-refractivity contribution >= 4 is 17.7 Å². The summed E-state index contributed by atoms with van der Waals surface area (Å²) in [6.45, 7) is 0. The van der Waals surface area contributed by atoms with Crippen molar-refractivity contribution in [2.45, 2.75) is 0 Å². The van der Waals surface area contributed by atoms with Crippen molar-refractivity contribution < 1.29 is 14.3 Å². The zero-order chi connectivity index (χ0) is 9.84. The van der Waals surface area contributed by atoms with Crippen LogP contribution in [0.1, 0.15) is 0 Å². The number of hydrogen-bond acceptors (Lipinski definition) is 3. The number of halogens is 1. The minimum Gasteiger partial charge on any atom is -0.493 e. The van der Waals surface area contributed by atoms with Gasteiger partial charge >= 0.3 is 6.09 Å². The molecule has 1 amide bonds. The van der Waals surface area contributed by atoms with E-state index in [0.29, 0.717) is 10.8 Å². The molecule has 0 aromatic heterocycles. The molecule has 4 nitrogen and oxygen atoms in total. The normalized spacial score (nSPS) is 9.38. The highest BCUT2D eigenvalue weighted by molar-refractivity contribution is 6.30. The second kappa shape index (κ2) is 4.00. The molecule has 70 valence electrons. The highest BCUT2D eigenvalue weighted by Gasteiger charge is 2.06. The van der Waals surface area contributed by atoms with Gasteiger partial charge in [0.1, 0.15) is 0 Å². The van der Waals surface area contributed by atoms with Crippen molar-refractivity contribution in [1.29, 1.82) is 0 Å². The summed E-state index contributed by atoms with van der Waals surface area (Å²) < 4.78 is 9.56. The number of rotatable bonds is 2. The molecule has 2 N–H and O–H groups in total. The van der Waals surface area contributed by atoms with E-state index in [4.69, 9.17) is 22.1 Å². The molecule has 5 heteroatoms. The number of hydrogen-bond donors (Lipinski definition) is 1. The standard InChI is InChI=1S/C8H8ClNO3/c1-12-7-4-5(9)2-3-6(7)13-8(10)11/h2-4H,1H3,(H2,10,11). The SMILES string of the molecule is COc1cc(Cl)ccc1OC(N)=O. The molecule has 1 aromatic carbocycles. The second-order valence-electron chi connectivity index (χ2n) is 2.22. The molecule has 1 aromatic rings. The monoisotopic (exact) mass is 201 g/mol. The van der Waals surface area contributed by atoms with Crippen LogP contribution in [0.5, 0.6) is 11.5 Å². The van der Waals surface area contributed by atoms with Crippen LogP contribution in [0.2, 0.25) is 5.02 Å². The quantitative estimate of drug-likeness (QED) is 0.794. The van der Waals surface area contributed by atoms with E-state index in [2.05, 4.69) is 4.74 Å². The van der Waals surface area contributed by atoms with Gasteiger partial charge in [0.15, 0.2) is 11.5 Å². The Labute approximate surface area is 80.2 Å². The Morgan fingerprint density at radius 2 is 2.15 bits per heavy atom. The molecule has 0 aliphatic carbocycles. The molecule has 0 heterocycles. The largest absolute Gasteiger partial charge is 0.493 e. The first-order valence-electron chi connectivity index (χ1n) is 3.44. The highest BCUT2D eigenvalue weighted by atomic mass is 35.5. The Morgan fingerprint density at radius 3 is 2.69 bits per heavy atom. The van der Waals surface area contributed by atoms with Crippen LogP contribution < -0.4 is 15.2 Å². The van der Waals surface area contributed by atoms with Crippen molar-refractivity contribution in [2.24, 2.45) is 5.73 Å². The molecule has 0 aliphatic rings. The van der Waals surface area contributed by atoms with Crippen LogP contribution in [-0.2, 0) is 0 Å². The van der Waals surface area contributed by atoms with Gasteiger partial charge in [0.2, 0.25) is 0 Å². The predicted octanol–water partition coefficient (Wildman–Crippen LogP) is 1.81. The third-order valence-electron chi connectivity index (χ3n) is 1.34. The summed E-state index contributed by atoms with van der Waals surface area (Å²) in [6.07, 6.45) is -0.888. The van der Waals surface area contributed by atoms with E-state index >= 15 is 0 Å². The van der Waals surface area contributed by atoms with E-state index < -0.39 is 6.09 Å². The first-order valence-corrected chi connectivity index (χ1v) is 3.82. The second-order valence-corrected chi connectivity index (χ2v) is 2.65. The summed E-state index contributed by atoms with van der Waals surface area (Å²) in [5.74, 6) is 0.616. The summed E-state index contributed by atoms with van der Waals surface area (Å²) in [4.78, 5) is 10.4. The summed E-state index contributed by atoms with van der Waals surface area (Å²) in [6, 6.07) is 4.61. The maximum absolute atomic E-state index is 10.4. The molecule has 1 rings (SSSR count). The van der Waals surface area contributed by atoms with Crippen LogP contribution in [0.15, 0.2) is 18.2 Å². The summed E-state index contributed by atoms with van der Waals surface area (Å²) in [7, 11) is 1.44. The maximum Gasteiger partial charge on any atom is 0.410 e. The average Bonchev–Trinajstić information content (AvgIpc) is 2.07. The molecule has 0 saturated carbocycles. The topological polar surface area (TPSA) is 61.6 Å². The lowest BCUT2D eigenvalue weighted by Crippen LogP contribution is -2.16. The van der Waals surface area contributed by atoms with E-state index in [1.54, 1.807) is 6.07 Å². The van der Waals surface area contributed by atoms with Gasteiger partial charge in [0, 0.05) is 11.1 Å². The molecular formula is C8H8ClNO3. The molecule has 0 unspecified atom stereocenters. The molecule has 0 radical (unpaired) electrons. The molecule has 0 aliphatic heterocycles. The van der Waals surface area contributed by atoms with Gasteiger partial charge in [-0.1, -0.05) is 11.6 Å². The van der Waals surface area contributed by atoms with Gasteiger partial charge in [-0.05, 0) is 12.1 Å². The molecule has 0 bridgehead atoms. The Kier molecular flexibility index (Phi) is 2.97. The van der Waals surface area contributed by atoms with E-state index in [1.807, 2.05) is 0 Å². The number of ether oxygens (including phenoxy) is 2. The Hall–Kier alpha value is -1.42. The molecule has 0 fully saturated rings. The Bertz CT molecular complexity index is 327. The minimum atomic E-state index is -0.888. The fraction of sp³-hybridized carbons (Fsp3) is 0.125. The predicted molar refractivity (Wildman–Crippen MR) is 48.2 cm³/mol. The number of amides is 1. The van der Waals surface area contributed by atoms with Crippen LogP contribution in [0, 0.1) is 0 Å². The third kappa shape index (κ3) is 2.52. The fourth-order valence-electron chi connectivity index (χ4n) is 0.834. The van der Waals surface area contributed by atoms with Gasteiger partial charge in [0.25, 0.3) is 0 Å². The summed E-state index contributed by atoms with van der Waals surface area (Å²) >= 11 is 5.68. The van der Waals surface area contributed by atoms with Crippen molar-refractivity contribution in [2.75, 3.05) is 7.11 Å². The molecular weight excluding hydrogens is 194 g/mol. The van der Waals surface area contributed by atoms with E-state index in [-0.39, 0.29) is 5.75 Å². The minimum absolute atomic E-state index is 0.249. The van der Waals surface area contributed by atoms with Crippen molar-refractivity contribution in [3.8, 4) is 11.5 Å². The molecule has 0 spiro atoms. The summed E-state index contributed by atoms with van der Waals surface area (Å²) in [5.41, 5.74) is 4.84. The smallest absolute Gasteiger partial charge is 0.410 e. The van der Waals surface area contributed by atoms with Crippen LogP contribution in [0.4, 0.5) is 4.79 Å². The van der Waals surface area contributed by atoms with Crippen LogP contribution >= 0.6 is 11.6 Å². The van der Waals surface area contributed by atoms with Crippen molar-refractivity contribution in [3.05, 3.63) is 23.2 Å². The maximum atomic E-state index is 10.4. The number of carbonyl (C=O) groups is 1. The van der Waals surface area contributed by atoms with E-state index in [9.17, 15) is 4.79 Å². The van der Waals surface area contributed by atoms with Crippen LogP contribution in [0.3, 0.4) is 0 Å². The van der Waals surface area contributed by atoms with E-state index in [0.717, 1.165) is 0 Å². The third-order valence-corrected chi connectivity index (χ3v) is 1.57. The fourth-order valence-corrected chi connectivity index (χ4v) is 0.996. The van der Waals surface area contributed by atoms with Gasteiger partial charge in [0.05, 0.1) is 7.11 Å². The van der Waals surface area contributed by atoms with Gasteiger partial charge in [-0.15, -0.1) is 0 Å². The number of methoxy groups -OCH3 is 1. The average molecular weight is 202 g/mol. The zero-order valence-electron chi connectivity index (χ0n) is 6.91. The molecule has 13 heavy (non-hydrogen) atoms. The molecule has 0 saturated heterocycles. The van der Waals surface area contributed by atoms with E-state index in [1.165, 1.54) is 19.2 Å². The van der Waals surface area contributed by atoms with Gasteiger partial charge < -0.3 is 15.2 Å². The highest BCUT2D eigenvalue weighted by Crippen LogP contribution is 2.29. The lowest BCUT2D eigenvalue weighted by Gasteiger charge is -2.06.